The first-order valence-electron chi connectivity index (χ1n) is 9.68. The molecule has 1 atom stereocenters. The number of anilines is 1. The Balaban J connectivity index is 1.72. The number of carbonyl (C=O) groups is 1. The molecule has 4 rings (SSSR count). The summed E-state index contributed by atoms with van der Waals surface area (Å²) in [4.78, 5) is 15.1. The SMILES string of the molecule is CCCCOc1ccccc1C1Nc2ccccc2C(=O)N1Cc1ccco1. The summed E-state index contributed by atoms with van der Waals surface area (Å²) in [5.41, 5.74) is 2.43. The van der Waals surface area contributed by atoms with Gasteiger partial charge in [-0.1, -0.05) is 43.7 Å². The first-order chi connectivity index (χ1) is 13.8. The normalized spacial score (nSPS) is 15.8. The van der Waals surface area contributed by atoms with E-state index in [1.54, 1.807) is 11.2 Å². The fourth-order valence-corrected chi connectivity index (χ4v) is 3.44. The van der Waals surface area contributed by atoms with Gasteiger partial charge in [-0.25, -0.2) is 0 Å². The molecule has 5 nitrogen and oxygen atoms in total. The number of benzene rings is 2. The third-order valence-corrected chi connectivity index (χ3v) is 4.90. The zero-order chi connectivity index (χ0) is 19.3. The second-order valence-electron chi connectivity index (χ2n) is 6.84. The van der Waals surface area contributed by atoms with Crippen LogP contribution in [0.25, 0.3) is 0 Å². The lowest BCUT2D eigenvalue weighted by Gasteiger charge is -2.38. The van der Waals surface area contributed by atoms with E-state index in [0.29, 0.717) is 18.7 Å². The highest BCUT2D eigenvalue weighted by atomic mass is 16.5. The van der Waals surface area contributed by atoms with Crippen molar-refractivity contribution in [3.63, 3.8) is 0 Å². The lowest BCUT2D eigenvalue weighted by molar-refractivity contribution is 0.0648. The average molecular weight is 376 g/mol. The fraction of sp³-hybridized carbons (Fsp3) is 0.261. The summed E-state index contributed by atoms with van der Waals surface area (Å²) >= 11 is 0. The molecule has 0 fully saturated rings. The number of carbonyl (C=O) groups excluding carboxylic acids is 1. The standard InChI is InChI=1S/C23H24N2O3/c1-2-3-14-28-21-13-7-5-11-19(21)22-24-20-12-6-4-10-18(20)23(26)25(22)16-17-9-8-15-27-17/h4-13,15,22,24H,2-3,14,16H2,1H3. The van der Waals surface area contributed by atoms with Gasteiger partial charge in [0.05, 0.1) is 25.0 Å². The van der Waals surface area contributed by atoms with Crippen LogP contribution in [0.3, 0.4) is 0 Å². The summed E-state index contributed by atoms with van der Waals surface area (Å²) in [7, 11) is 0. The number of nitrogens with zero attached hydrogens (tertiary/aromatic N) is 1. The van der Waals surface area contributed by atoms with Gasteiger partial charge in [0.25, 0.3) is 5.91 Å². The Morgan fingerprint density at radius 1 is 1.07 bits per heavy atom. The summed E-state index contributed by atoms with van der Waals surface area (Å²) in [5, 5.41) is 3.52. The van der Waals surface area contributed by atoms with Crippen molar-refractivity contribution in [2.45, 2.75) is 32.5 Å². The van der Waals surface area contributed by atoms with Gasteiger partial charge in [-0.15, -0.1) is 0 Å². The molecule has 3 aromatic rings. The van der Waals surface area contributed by atoms with E-state index in [4.69, 9.17) is 9.15 Å². The maximum Gasteiger partial charge on any atom is 0.258 e. The van der Waals surface area contributed by atoms with Gasteiger partial charge in [-0.3, -0.25) is 4.79 Å². The molecule has 1 N–H and O–H groups in total. The van der Waals surface area contributed by atoms with Crippen molar-refractivity contribution in [1.82, 2.24) is 4.90 Å². The molecule has 1 aliphatic heterocycles. The molecule has 0 bridgehead atoms. The Bertz CT molecular complexity index is 937. The molecule has 0 spiro atoms. The number of hydrogen-bond donors (Lipinski definition) is 1. The Morgan fingerprint density at radius 2 is 1.89 bits per heavy atom. The van der Waals surface area contributed by atoms with E-state index in [-0.39, 0.29) is 12.1 Å². The smallest absolute Gasteiger partial charge is 0.258 e. The van der Waals surface area contributed by atoms with Crippen LogP contribution in [0.15, 0.2) is 71.3 Å². The summed E-state index contributed by atoms with van der Waals surface area (Å²) in [6.07, 6.45) is 3.34. The average Bonchev–Trinajstić information content (AvgIpc) is 3.24. The number of furan rings is 1. The summed E-state index contributed by atoms with van der Waals surface area (Å²) in [6, 6.07) is 19.2. The van der Waals surface area contributed by atoms with Gasteiger partial charge in [-0.2, -0.15) is 0 Å². The fourth-order valence-electron chi connectivity index (χ4n) is 3.44. The van der Waals surface area contributed by atoms with Crippen LogP contribution in [0, 0.1) is 0 Å². The predicted octanol–water partition coefficient (Wildman–Crippen LogP) is 5.23. The van der Waals surface area contributed by atoms with E-state index in [9.17, 15) is 4.79 Å². The minimum absolute atomic E-state index is 0.0286. The van der Waals surface area contributed by atoms with E-state index >= 15 is 0 Å². The Hall–Kier alpha value is -3.21. The van der Waals surface area contributed by atoms with Crippen LogP contribution in [0.2, 0.25) is 0 Å². The third kappa shape index (κ3) is 3.60. The van der Waals surface area contributed by atoms with Crippen LogP contribution < -0.4 is 10.1 Å². The number of fused-ring (bicyclic) bond motifs is 1. The van der Waals surface area contributed by atoms with Crippen molar-refractivity contribution in [3.05, 3.63) is 83.8 Å². The van der Waals surface area contributed by atoms with Crippen molar-refractivity contribution >= 4 is 11.6 Å². The van der Waals surface area contributed by atoms with Gasteiger partial charge in [0.2, 0.25) is 0 Å². The number of amides is 1. The molecule has 0 saturated carbocycles. The van der Waals surface area contributed by atoms with Crippen LogP contribution >= 0.6 is 0 Å². The predicted molar refractivity (Wildman–Crippen MR) is 108 cm³/mol. The number of ether oxygens (including phenoxy) is 1. The van der Waals surface area contributed by atoms with Crippen LogP contribution in [-0.2, 0) is 6.54 Å². The zero-order valence-electron chi connectivity index (χ0n) is 15.9. The molecule has 1 amide bonds. The van der Waals surface area contributed by atoms with E-state index in [1.165, 1.54) is 0 Å². The molecule has 144 valence electrons. The first kappa shape index (κ1) is 18.2. The van der Waals surface area contributed by atoms with E-state index in [0.717, 1.165) is 35.6 Å². The number of rotatable bonds is 7. The quantitative estimate of drug-likeness (QED) is 0.574. The molecule has 2 heterocycles. The van der Waals surface area contributed by atoms with Crippen LogP contribution in [0.4, 0.5) is 5.69 Å². The Kier molecular flexibility index (Phi) is 5.33. The molecule has 1 aromatic heterocycles. The topological polar surface area (TPSA) is 54.7 Å². The maximum atomic E-state index is 13.3. The molecule has 28 heavy (non-hydrogen) atoms. The molecule has 5 heteroatoms. The van der Waals surface area contributed by atoms with Gasteiger partial charge in [0, 0.05) is 11.3 Å². The molecule has 0 aliphatic carbocycles. The largest absolute Gasteiger partial charge is 0.493 e. The van der Waals surface area contributed by atoms with Gasteiger partial charge in [0.1, 0.15) is 17.7 Å². The van der Waals surface area contributed by atoms with Crippen molar-refractivity contribution in [3.8, 4) is 5.75 Å². The maximum absolute atomic E-state index is 13.3. The third-order valence-electron chi connectivity index (χ3n) is 4.90. The lowest BCUT2D eigenvalue weighted by Crippen LogP contribution is -2.42. The Morgan fingerprint density at radius 3 is 2.71 bits per heavy atom. The van der Waals surface area contributed by atoms with E-state index in [2.05, 4.69) is 12.2 Å². The lowest BCUT2D eigenvalue weighted by atomic mass is 10.0. The summed E-state index contributed by atoms with van der Waals surface area (Å²) < 4.78 is 11.5. The molecule has 1 unspecified atom stereocenters. The minimum Gasteiger partial charge on any atom is -0.493 e. The summed E-state index contributed by atoms with van der Waals surface area (Å²) in [5.74, 6) is 1.51. The first-order valence-corrected chi connectivity index (χ1v) is 9.68. The number of unbranched alkanes of at least 4 members (excludes halogenated alkanes) is 1. The number of nitrogens with one attached hydrogen (secondary N) is 1. The van der Waals surface area contributed by atoms with Crippen molar-refractivity contribution < 1.29 is 13.9 Å². The molecule has 0 saturated heterocycles. The van der Waals surface area contributed by atoms with Crippen LogP contribution in [0.1, 0.15) is 47.6 Å². The highest BCUT2D eigenvalue weighted by molar-refractivity contribution is 6.01. The van der Waals surface area contributed by atoms with Crippen molar-refractivity contribution in [2.75, 3.05) is 11.9 Å². The molecule has 0 radical (unpaired) electrons. The molecule has 2 aromatic carbocycles. The second-order valence-corrected chi connectivity index (χ2v) is 6.84. The zero-order valence-corrected chi connectivity index (χ0v) is 15.9. The molecular weight excluding hydrogens is 352 g/mol. The summed E-state index contributed by atoms with van der Waals surface area (Å²) in [6.45, 7) is 3.17. The number of hydrogen-bond acceptors (Lipinski definition) is 4. The molecule has 1 aliphatic rings. The van der Waals surface area contributed by atoms with Crippen molar-refractivity contribution in [1.29, 1.82) is 0 Å². The van der Waals surface area contributed by atoms with Crippen LogP contribution in [-0.4, -0.2) is 17.4 Å². The van der Waals surface area contributed by atoms with Crippen molar-refractivity contribution in [2.24, 2.45) is 0 Å². The van der Waals surface area contributed by atoms with Crippen LogP contribution in [0.5, 0.6) is 5.75 Å². The van der Waals surface area contributed by atoms with E-state index in [1.807, 2.05) is 60.7 Å². The van der Waals surface area contributed by atoms with Gasteiger partial charge < -0.3 is 19.4 Å². The Labute approximate surface area is 164 Å². The monoisotopic (exact) mass is 376 g/mol. The van der Waals surface area contributed by atoms with E-state index < -0.39 is 0 Å². The van der Waals surface area contributed by atoms with Gasteiger partial charge in [0.15, 0.2) is 0 Å². The second kappa shape index (κ2) is 8.21. The highest BCUT2D eigenvalue weighted by Crippen LogP contribution is 2.37. The number of para-hydroxylation sites is 2. The highest BCUT2D eigenvalue weighted by Gasteiger charge is 2.34. The van der Waals surface area contributed by atoms with Gasteiger partial charge >= 0.3 is 0 Å². The minimum atomic E-state index is -0.342. The van der Waals surface area contributed by atoms with Gasteiger partial charge in [-0.05, 0) is 36.8 Å². The molecular formula is C23H24N2O3.